The monoisotopic (exact) mass is 283 g/mol. The maximum Gasteiger partial charge on any atom is 0.222 e. The molecular formula is C15H22FNO3. The molecule has 2 atom stereocenters. The van der Waals surface area contributed by atoms with Crippen molar-refractivity contribution < 1.29 is 19.0 Å². The van der Waals surface area contributed by atoms with Gasteiger partial charge in [-0.25, -0.2) is 4.39 Å². The summed E-state index contributed by atoms with van der Waals surface area (Å²) < 4.78 is 18.1. The zero-order valence-corrected chi connectivity index (χ0v) is 12.1. The first-order valence-electron chi connectivity index (χ1n) is 6.74. The molecule has 2 unspecified atom stereocenters. The van der Waals surface area contributed by atoms with E-state index >= 15 is 0 Å². The van der Waals surface area contributed by atoms with Gasteiger partial charge in [0.1, 0.15) is 18.2 Å². The topological polar surface area (TPSA) is 58.6 Å². The summed E-state index contributed by atoms with van der Waals surface area (Å²) in [6, 6.07) is 5.51. The van der Waals surface area contributed by atoms with Gasteiger partial charge in [-0.15, -0.1) is 0 Å². The summed E-state index contributed by atoms with van der Waals surface area (Å²) in [5.41, 5.74) is 0. The molecule has 1 rings (SSSR count). The van der Waals surface area contributed by atoms with E-state index < -0.39 is 6.10 Å². The minimum absolute atomic E-state index is 0.0477. The number of amides is 1. The SMILES string of the molecule is CC(COc1ccc(F)cc1)NC(=O)CC(O)C(C)C. The number of carbonyl (C=O) groups is 1. The Hall–Kier alpha value is -1.62. The van der Waals surface area contributed by atoms with Crippen LogP contribution in [0.2, 0.25) is 0 Å². The van der Waals surface area contributed by atoms with E-state index in [4.69, 9.17) is 4.74 Å². The fraction of sp³-hybridized carbons (Fsp3) is 0.533. The Balaban J connectivity index is 2.31. The van der Waals surface area contributed by atoms with Gasteiger partial charge in [0.2, 0.25) is 5.91 Å². The van der Waals surface area contributed by atoms with E-state index in [0.717, 1.165) is 0 Å². The molecule has 2 N–H and O–H groups in total. The van der Waals surface area contributed by atoms with E-state index in [1.165, 1.54) is 24.3 Å². The summed E-state index contributed by atoms with van der Waals surface area (Å²) in [5.74, 6) is 0.0732. The van der Waals surface area contributed by atoms with Crippen LogP contribution in [0.1, 0.15) is 27.2 Å². The lowest BCUT2D eigenvalue weighted by molar-refractivity contribution is -0.124. The van der Waals surface area contributed by atoms with E-state index in [2.05, 4.69) is 5.32 Å². The molecule has 0 bridgehead atoms. The third-order valence-corrected chi connectivity index (χ3v) is 2.89. The molecule has 112 valence electrons. The van der Waals surface area contributed by atoms with Gasteiger partial charge in [0, 0.05) is 0 Å². The molecule has 0 spiro atoms. The van der Waals surface area contributed by atoms with Crippen LogP contribution in [-0.2, 0) is 4.79 Å². The van der Waals surface area contributed by atoms with Gasteiger partial charge in [-0.05, 0) is 37.1 Å². The summed E-state index contributed by atoms with van der Waals surface area (Å²) in [7, 11) is 0. The van der Waals surface area contributed by atoms with Crippen molar-refractivity contribution in [3.8, 4) is 5.75 Å². The molecular weight excluding hydrogens is 261 g/mol. The third kappa shape index (κ3) is 6.02. The predicted octanol–water partition coefficient (Wildman–Crippen LogP) is 2.12. The maximum atomic E-state index is 12.7. The molecule has 0 saturated carbocycles. The number of hydrogen-bond donors (Lipinski definition) is 2. The average molecular weight is 283 g/mol. The van der Waals surface area contributed by atoms with Crippen molar-refractivity contribution in [2.45, 2.75) is 39.3 Å². The van der Waals surface area contributed by atoms with Crippen molar-refractivity contribution in [3.63, 3.8) is 0 Å². The van der Waals surface area contributed by atoms with Gasteiger partial charge in [-0.3, -0.25) is 4.79 Å². The Kier molecular flexibility index (Phi) is 6.45. The maximum absolute atomic E-state index is 12.7. The van der Waals surface area contributed by atoms with Crippen LogP contribution in [0.25, 0.3) is 0 Å². The Bertz CT molecular complexity index is 420. The van der Waals surface area contributed by atoms with Gasteiger partial charge in [-0.2, -0.15) is 0 Å². The highest BCUT2D eigenvalue weighted by molar-refractivity contribution is 5.76. The zero-order chi connectivity index (χ0) is 15.1. The molecule has 0 fully saturated rings. The van der Waals surface area contributed by atoms with E-state index in [1.807, 2.05) is 20.8 Å². The van der Waals surface area contributed by atoms with E-state index in [-0.39, 0.29) is 36.7 Å². The first-order valence-corrected chi connectivity index (χ1v) is 6.74. The second-order valence-corrected chi connectivity index (χ2v) is 5.25. The predicted molar refractivity (Wildman–Crippen MR) is 75.0 cm³/mol. The van der Waals surface area contributed by atoms with Gasteiger partial charge in [0.05, 0.1) is 18.6 Å². The summed E-state index contributed by atoms with van der Waals surface area (Å²) in [6.45, 7) is 5.82. The molecule has 0 heterocycles. The average Bonchev–Trinajstić information content (AvgIpc) is 2.37. The number of hydrogen-bond acceptors (Lipinski definition) is 3. The molecule has 0 aliphatic heterocycles. The molecule has 0 aliphatic carbocycles. The third-order valence-electron chi connectivity index (χ3n) is 2.89. The highest BCUT2D eigenvalue weighted by Crippen LogP contribution is 2.11. The van der Waals surface area contributed by atoms with E-state index in [1.54, 1.807) is 0 Å². The number of aliphatic hydroxyl groups excluding tert-OH is 1. The van der Waals surface area contributed by atoms with Crippen LogP contribution >= 0.6 is 0 Å². The fourth-order valence-corrected chi connectivity index (χ4v) is 1.55. The van der Waals surface area contributed by atoms with Crippen molar-refractivity contribution in [1.82, 2.24) is 5.32 Å². The summed E-state index contributed by atoms with van der Waals surface area (Å²) in [6.07, 6.45) is -0.557. The second-order valence-electron chi connectivity index (χ2n) is 5.25. The number of halogens is 1. The first kappa shape index (κ1) is 16.4. The Morgan fingerprint density at radius 2 is 1.90 bits per heavy atom. The van der Waals surface area contributed by atoms with Gasteiger partial charge in [0.15, 0.2) is 0 Å². The van der Waals surface area contributed by atoms with Crippen LogP contribution in [0.3, 0.4) is 0 Å². The summed E-state index contributed by atoms with van der Waals surface area (Å²) in [5, 5.41) is 12.4. The zero-order valence-electron chi connectivity index (χ0n) is 12.1. The lowest BCUT2D eigenvalue weighted by Gasteiger charge is -2.18. The number of ether oxygens (including phenoxy) is 1. The van der Waals surface area contributed by atoms with Crippen molar-refractivity contribution in [1.29, 1.82) is 0 Å². The fourth-order valence-electron chi connectivity index (χ4n) is 1.55. The van der Waals surface area contributed by atoms with E-state index in [9.17, 15) is 14.3 Å². The molecule has 0 aromatic heterocycles. The van der Waals surface area contributed by atoms with Crippen LogP contribution in [0.5, 0.6) is 5.75 Å². The van der Waals surface area contributed by atoms with Crippen molar-refractivity contribution in [2.24, 2.45) is 5.92 Å². The van der Waals surface area contributed by atoms with Crippen LogP contribution < -0.4 is 10.1 Å². The summed E-state index contributed by atoms with van der Waals surface area (Å²) in [4.78, 5) is 11.6. The number of carbonyl (C=O) groups excluding carboxylic acids is 1. The standard InChI is InChI=1S/C15H22FNO3/c1-10(2)14(18)8-15(19)17-11(3)9-20-13-6-4-12(16)5-7-13/h4-7,10-11,14,18H,8-9H2,1-3H3,(H,17,19). The first-order chi connectivity index (χ1) is 9.38. The van der Waals surface area contributed by atoms with Gasteiger partial charge < -0.3 is 15.2 Å². The minimum atomic E-state index is -0.639. The minimum Gasteiger partial charge on any atom is -0.491 e. The summed E-state index contributed by atoms with van der Waals surface area (Å²) >= 11 is 0. The molecule has 0 saturated heterocycles. The van der Waals surface area contributed by atoms with Crippen molar-refractivity contribution in [2.75, 3.05) is 6.61 Å². The highest BCUT2D eigenvalue weighted by atomic mass is 19.1. The number of aliphatic hydroxyl groups is 1. The van der Waals surface area contributed by atoms with Crippen LogP contribution in [-0.4, -0.2) is 29.8 Å². The van der Waals surface area contributed by atoms with Crippen molar-refractivity contribution in [3.05, 3.63) is 30.1 Å². The molecule has 5 heteroatoms. The number of benzene rings is 1. The lowest BCUT2D eigenvalue weighted by Crippen LogP contribution is -2.38. The van der Waals surface area contributed by atoms with Gasteiger partial charge in [0.25, 0.3) is 0 Å². The number of rotatable bonds is 7. The second kappa shape index (κ2) is 7.85. The Morgan fingerprint density at radius 3 is 2.45 bits per heavy atom. The molecule has 0 radical (unpaired) electrons. The quantitative estimate of drug-likeness (QED) is 0.806. The normalized spacial score (nSPS) is 13.9. The number of nitrogens with one attached hydrogen (secondary N) is 1. The molecule has 0 aliphatic rings. The van der Waals surface area contributed by atoms with Crippen molar-refractivity contribution >= 4 is 5.91 Å². The largest absolute Gasteiger partial charge is 0.491 e. The van der Waals surface area contributed by atoms with Gasteiger partial charge in [-0.1, -0.05) is 13.8 Å². The molecule has 20 heavy (non-hydrogen) atoms. The highest BCUT2D eigenvalue weighted by Gasteiger charge is 2.16. The Morgan fingerprint density at radius 1 is 1.30 bits per heavy atom. The van der Waals surface area contributed by atoms with Crippen LogP contribution in [0.4, 0.5) is 4.39 Å². The smallest absolute Gasteiger partial charge is 0.222 e. The van der Waals surface area contributed by atoms with Crippen LogP contribution in [0.15, 0.2) is 24.3 Å². The molecule has 4 nitrogen and oxygen atoms in total. The lowest BCUT2D eigenvalue weighted by atomic mass is 10.0. The van der Waals surface area contributed by atoms with Gasteiger partial charge >= 0.3 is 0 Å². The Labute approximate surface area is 119 Å². The molecule has 1 aromatic carbocycles. The van der Waals surface area contributed by atoms with E-state index in [0.29, 0.717) is 5.75 Å². The molecule has 1 aromatic rings. The van der Waals surface area contributed by atoms with Crippen LogP contribution in [0, 0.1) is 11.7 Å². The molecule has 1 amide bonds.